The lowest BCUT2D eigenvalue weighted by atomic mass is 10.1. The van der Waals surface area contributed by atoms with Crippen LogP contribution in [0.5, 0.6) is 11.5 Å². The summed E-state index contributed by atoms with van der Waals surface area (Å²) < 4.78 is 6.37. The minimum absolute atomic E-state index is 0.103. The number of benzene rings is 1. The number of aromatic carboxylic acids is 1. The maximum atomic E-state index is 12.2. The van der Waals surface area contributed by atoms with Crippen LogP contribution in [0.15, 0.2) is 23.1 Å². The molecule has 0 aliphatic carbocycles. The Kier molecular flexibility index (Phi) is 4.24. The third-order valence-electron chi connectivity index (χ3n) is 3.13. The Bertz CT molecular complexity index is 890. The number of aromatic nitrogens is 1. The summed E-state index contributed by atoms with van der Waals surface area (Å²) in [4.78, 5) is 35.4. The van der Waals surface area contributed by atoms with Crippen molar-refractivity contribution in [3.63, 3.8) is 0 Å². The second-order valence-corrected chi connectivity index (χ2v) is 6.25. The summed E-state index contributed by atoms with van der Waals surface area (Å²) in [6.45, 7) is 4.68. The molecule has 2 rings (SSSR count). The number of rotatable bonds is 3. The molecule has 1 aromatic carbocycles. The van der Waals surface area contributed by atoms with E-state index in [2.05, 4.69) is 0 Å². The van der Waals surface area contributed by atoms with E-state index in [-0.39, 0.29) is 17.4 Å². The topological polar surface area (TPSA) is 126 Å². The van der Waals surface area contributed by atoms with Crippen LogP contribution in [0.1, 0.15) is 31.1 Å². The molecule has 1 heterocycles. The Balaban J connectivity index is 2.65. The maximum Gasteiger partial charge on any atom is 0.341 e. The van der Waals surface area contributed by atoms with Gasteiger partial charge in [0.15, 0.2) is 11.5 Å². The highest BCUT2D eigenvalue weighted by Crippen LogP contribution is 2.29. The van der Waals surface area contributed by atoms with Crippen molar-refractivity contribution in [1.29, 1.82) is 0 Å². The van der Waals surface area contributed by atoms with E-state index >= 15 is 0 Å². The van der Waals surface area contributed by atoms with Gasteiger partial charge in [-0.05, 0) is 26.8 Å². The molecule has 0 spiro atoms. The van der Waals surface area contributed by atoms with Gasteiger partial charge >= 0.3 is 11.9 Å². The normalized spacial score (nSPS) is 11.5. The number of carboxylic acids is 1. The summed E-state index contributed by atoms with van der Waals surface area (Å²) in [5, 5.41) is 28.2. The number of phenols is 2. The number of hydrogen-bond acceptors (Lipinski definition) is 6. The van der Waals surface area contributed by atoms with Crippen LogP contribution in [0.2, 0.25) is 0 Å². The first-order chi connectivity index (χ1) is 11.0. The highest BCUT2D eigenvalue weighted by Gasteiger charge is 2.20. The van der Waals surface area contributed by atoms with Crippen LogP contribution in [0, 0.1) is 0 Å². The molecule has 0 saturated carbocycles. The van der Waals surface area contributed by atoms with Gasteiger partial charge in [0, 0.05) is 12.3 Å². The molecule has 8 heteroatoms. The average molecular weight is 335 g/mol. The largest absolute Gasteiger partial charge is 0.504 e. The first kappa shape index (κ1) is 17.3. The highest BCUT2D eigenvalue weighted by molar-refractivity contribution is 5.94. The van der Waals surface area contributed by atoms with E-state index in [4.69, 9.17) is 9.84 Å². The number of ether oxygens (including phenoxy) is 1. The van der Waals surface area contributed by atoms with E-state index in [9.17, 15) is 24.6 Å². The van der Waals surface area contributed by atoms with Gasteiger partial charge < -0.3 is 24.6 Å². The van der Waals surface area contributed by atoms with Crippen molar-refractivity contribution in [3.8, 4) is 11.5 Å². The van der Waals surface area contributed by atoms with Gasteiger partial charge in [0.2, 0.25) is 5.43 Å². The summed E-state index contributed by atoms with van der Waals surface area (Å²) in [7, 11) is 0. The van der Waals surface area contributed by atoms with Crippen molar-refractivity contribution < 1.29 is 29.6 Å². The quantitative estimate of drug-likeness (QED) is 0.572. The molecule has 0 bridgehead atoms. The third-order valence-corrected chi connectivity index (χ3v) is 3.13. The smallest absolute Gasteiger partial charge is 0.341 e. The van der Waals surface area contributed by atoms with Crippen LogP contribution >= 0.6 is 0 Å². The number of esters is 1. The SMILES string of the molecule is CC(C)(C)OC(=O)Cn1cc(C(=O)O)c(=O)c2cc(O)c(O)cc21. The van der Waals surface area contributed by atoms with Gasteiger partial charge in [-0.25, -0.2) is 4.79 Å². The zero-order valence-corrected chi connectivity index (χ0v) is 13.4. The number of aromatic hydroxyl groups is 2. The van der Waals surface area contributed by atoms with Crippen molar-refractivity contribution in [2.24, 2.45) is 0 Å². The van der Waals surface area contributed by atoms with Crippen LogP contribution in [0.25, 0.3) is 10.9 Å². The number of carbonyl (C=O) groups is 2. The third kappa shape index (κ3) is 3.48. The number of nitrogens with zero attached hydrogens (tertiary/aromatic N) is 1. The van der Waals surface area contributed by atoms with Crippen molar-refractivity contribution in [2.45, 2.75) is 32.9 Å². The molecule has 0 fully saturated rings. The fraction of sp³-hybridized carbons (Fsp3) is 0.312. The summed E-state index contributed by atoms with van der Waals surface area (Å²) in [6, 6.07) is 2.05. The van der Waals surface area contributed by atoms with Crippen molar-refractivity contribution in [3.05, 3.63) is 34.1 Å². The van der Waals surface area contributed by atoms with Crippen LogP contribution < -0.4 is 5.43 Å². The summed E-state index contributed by atoms with van der Waals surface area (Å²) in [6.07, 6.45) is 1.01. The Morgan fingerprint density at radius 2 is 1.75 bits per heavy atom. The van der Waals surface area contributed by atoms with E-state index in [0.29, 0.717) is 0 Å². The molecular weight excluding hydrogens is 318 g/mol. The molecule has 0 amide bonds. The van der Waals surface area contributed by atoms with Gasteiger partial charge in [0.05, 0.1) is 10.9 Å². The number of phenolic OH excluding ortho intramolecular Hbond substituents is 2. The molecule has 0 unspecified atom stereocenters. The second kappa shape index (κ2) is 5.88. The molecular formula is C16H17NO7. The molecule has 3 N–H and O–H groups in total. The van der Waals surface area contributed by atoms with E-state index in [1.165, 1.54) is 4.57 Å². The summed E-state index contributed by atoms with van der Waals surface area (Å²) in [5.41, 5.74) is -2.02. The van der Waals surface area contributed by atoms with Gasteiger partial charge in [-0.1, -0.05) is 0 Å². The monoisotopic (exact) mass is 335 g/mol. The highest BCUT2D eigenvalue weighted by atomic mass is 16.6. The number of fused-ring (bicyclic) bond motifs is 1. The molecule has 2 aromatic rings. The van der Waals surface area contributed by atoms with E-state index in [0.717, 1.165) is 18.3 Å². The number of hydrogen-bond donors (Lipinski definition) is 3. The van der Waals surface area contributed by atoms with E-state index < -0.39 is 40.0 Å². The lowest BCUT2D eigenvalue weighted by molar-refractivity contribution is -0.155. The Hall–Kier alpha value is -3.03. The van der Waals surface area contributed by atoms with Crippen LogP contribution in [0.3, 0.4) is 0 Å². The molecule has 0 aliphatic rings. The fourth-order valence-electron chi connectivity index (χ4n) is 2.21. The molecule has 1 aromatic heterocycles. The molecule has 8 nitrogen and oxygen atoms in total. The molecule has 128 valence electrons. The van der Waals surface area contributed by atoms with Crippen LogP contribution in [0.4, 0.5) is 0 Å². The van der Waals surface area contributed by atoms with Gasteiger partial charge in [0.1, 0.15) is 17.7 Å². The fourth-order valence-corrected chi connectivity index (χ4v) is 2.21. The zero-order valence-electron chi connectivity index (χ0n) is 13.4. The van der Waals surface area contributed by atoms with Gasteiger partial charge in [-0.3, -0.25) is 9.59 Å². The maximum absolute atomic E-state index is 12.2. The van der Waals surface area contributed by atoms with Crippen molar-refractivity contribution in [2.75, 3.05) is 0 Å². The first-order valence-corrected chi connectivity index (χ1v) is 7.04. The molecule has 0 aliphatic heterocycles. The Morgan fingerprint density at radius 1 is 1.17 bits per heavy atom. The lowest BCUT2D eigenvalue weighted by Gasteiger charge is -2.20. The van der Waals surface area contributed by atoms with Crippen LogP contribution in [-0.4, -0.2) is 37.4 Å². The molecule has 0 atom stereocenters. The van der Waals surface area contributed by atoms with Gasteiger partial charge in [-0.2, -0.15) is 0 Å². The Morgan fingerprint density at radius 3 is 2.29 bits per heavy atom. The first-order valence-electron chi connectivity index (χ1n) is 7.04. The Labute approximate surface area is 136 Å². The second-order valence-electron chi connectivity index (χ2n) is 6.25. The van der Waals surface area contributed by atoms with Crippen LogP contribution in [-0.2, 0) is 16.1 Å². The predicted molar refractivity (Wildman–Crippen MR) is 84.3 cm³/mol. The minimum Gasteiger partial charge on any atom is -0.504 e. The number of carboxylic acid groups (broad SMARTS) is 1. The predicted octanol–water partition coefficient (Wildman–Crippen LogP) is 1.45. The lowest BCUT2D eigenvalue weighted by Crippen LogP contribution is -2.28. The van der Waals surface area contributed by atoms with Gasteiger partial charge in [0.25, 0.3) is 0 Å². The van der Waals surface area contributed by atoms with Gasteiger partial charge in [-0.15, -0.1) is 0 Å². The standard InChI is InChI=1S/C16H17NO7/c1-16(2,3)24-13(20)7-17-6-9(15(22)23)14(21)8-4-11(18)12(19)5-10(8)17/h4-6,18-19H,7H2,1-3H3,(H,22,23). The summed E-state index contributed by atoms with van der Waals surface area (Å²) in [5.74, 6) is -3.17. The van der Waals surface area contributed by atoms with Crippen molar-refractivity contribution >= 4 is 22.8 Å². The number of carbonyl (C=O) groups excluding carboxylic acids is 1. The minimum atomic E-state index is -1.47. The molecule has 24 heavy (non-hydrogen) atoms. The molecule has 0 radical (unpaired) electrons. The zero-order chi connectivity index (χ0) is 18.2. The van der Waals surface area contributed by atoms with Crippen molar-refractivity contribution in [1.82, 2.24) is 4.57 Å². The van der Waals surface area contributed by atoms with E-state index in [1.54, 1.807) is 20.8 Å². The number of pyridine rings is 1. The average Bonchev–Trinajstić information content (AvgIpc) is 2.41. The summed E-state index contributed by atoms with van der Waals surface area (Å²) >= 11 is 0. The van der Waals surface area contributed by atoms with E-state index in [1.807, 2.05) is 0 Å². The molecule has 0 saturated heterocycles.